The number of nitrogens with one attached hydrogen (secondary N) is 2. The fourth-order valence-electron chi connectivity index (χ4n) is 2.73. The van der Waals surface area contributed by atoms with Crippen LogP contribution in [-0.2, 0) is 9.59 Å². The van der Waals surface area contributed by atoms with Crippen LogP contribution in [-0.4, -0.2) is 48.9 Å². The lowest BCUT2D eigenvalue weighted by Crippen LogP contribution is -2.53. The minimum Gasteiger partial charge on any atom is -0.357 e. The van der Waals surface area contributed by atoms with Crippen LogP contribution in [0.15, 0.2) is 0 Å². The van der Waals surface area contributed by atoms with Gasteiger partial charge in [-0.2, -0.15) is 0 Å². The first-order chi connectivity index (χ1) is 8.24. The molecule has 2 N–H and O–H groups in total. The maximum absolute atomic E-state index is 12.3. The molecule has 2 fully saturated rings. The number of rotatable bonds is 2. The molecule has 0 aromatic carbocycles. The van der Waals surface area contributed by atoms with Gasteiger partial charge in [0.2, 0.25) is 11.8 Å². The van der Waals surface area contributed by atoms with Crippen molar-refractivity contribution in [3.8, 4) is 0 Å². The number of likely N-dealkylation sites (tertiary alicyclic amines) is 1. The van der Waals surface area contributed by atoms with Gasteiger partial charge in [0, 0.05) is 13.6 Å². The van der Waals surface area contributed by atoms with Gasteiger partial charge in [0.1, 0.15) is 6.04 Å². The number of nitrogens with zero attached hydrogens (tertiary/aromatic N) is 1. The molecule has 1 unspecified atom stereocenters. The Kier molecular flexibility index (Phi) is 3.99. The number of piperidine rings is 1. The summed E-state index contributed by atoms with van der Waals surface area (Å²) in [6, 6.07) is -0.328. The molecule has 2 saturated heterocycles. The number of hydrogen-bond donors (Lipinski definition) is 2. The molecule has 5 heteroatoms. The quantitative estimate of drug-likeness (QED) is 0.705. The average molecular weight is 239 g/mol. The van der Waals surface area contributed by atoms with Crippen molar-refractivity contribution in [3.05, 3.63) is 0 Å². The predicted octanol–water partition coefficient (Wildman–Crippen LogP) is -0.134. The van der Waals surface area contributed by atoms with Crippen LogP contribution in [0.25, 0.3) is 0 Å². The highest BCUT2D eigenvalue weighted by molar-refractivity contribution is 5.90. The topological polar surface area (TPSA) is 61.4 Å². The van der Waals surface area contributed by atoms with Gasteiger partial charge in [-0.25, -0.2) is 0 Å². The summed E-state index contributed by atoms with van der Waals surface area (Å²) in [5.41, 5.74) is 0. The van der Waals surface area contributed by atoms with E-state index in [1.807, 2.05) is 0 Å². The summed E-state index contributed by atoms with van der Waals surface area (Å²) < 4.78 is 0. The third-order valence-corrected chi connectivity index (χ3v) is 3.69. The minimum atomic E-state index is -0.253. The lowest BCUT2D eigenvalue weighted by molar-refractivity contribution is -0.140. The van der Waals surface area contributed by atoms with Crippen LogP contribution in [0.1, 0.15) is 32.1 Å². The first kappa shape index (κ1) is 12.4. The van der Waals surface area contributed by atoms with Crippen molar-refractivity contribution in [1.29, 1.82) is 0 Å². The molecule has 2 rings (SSSR count). The van der Waals surface area contributed by atoms with Crippen molar-refractivity contribution in [3.63, 3.8) is 0 Å². The van der Waals surface area contributed by atoms with Crippen LogP contribution in [0, 0.1) is 0 Å². The second-order valence-corrected chi connectivity index (χ2v) is 4.81. The second kappa shape index (κ2) is 5.49. The van der Waals surface area contributed by atoms with Gasteiger partial charge >= 0.3 is 0 Å². The Hall–Kier alpha value is -1.10. The molecular formula is C12H21N3O2. The van der Waals surface area contributed by atoms with Gasteiger partial charge in [0.05, 0.1) is 6.04 Å². The number of amides is 2. The zero-order valence-corrected chi connectivity index (χ0v) is 10.4. The Morgan fingerprint density at radius 2 is 2.06 bits per heavy atom. The zero-order valence-electron chi connectivity index (χ0n) is 10.4. The van der Waals surface area contributed by atoms with Gasteiger partial charge in [0.25, 0.3) is 0 Å². The number of carbonyl (C=O) groups excluding carboxylic acids is 2. The second-order valence-electron chi connectivity index (χ2n) is 4.81. The lowest BCUT2D eigenvalue weighted by atomic mass is 10.0. The van der Waals surface area contributed by atoms with Crippen LogP contribution in [0.3, 0.4) is 0 Å². The molecule has 2 aliphatic heterocycles. The SMILES string of the molecule is CNC(=O)C1CCCN1C(=O)[C@H]1CCCCN1. The van der Waals surface area contributed by atoms with Gasteiger partial charge in [-0.15, -0.1) is 0 Å². The van der Waals surface area contributed by atoms with Crippen LogP contribution in [0.2, 0.25) is 0 Å². The summed E-state index contributed by atoms with van der Waals surface area (Å²) in [5, 5.41) is 5.89. The van der Waals surface area contributed by atoms with E-state index in [4.69, 9.17) is 0 Å². The summed E-state index contributed by atoms with van der Waals surface area (Å²) >= 11 is 0. The summed E-state index contributed by atoms with van der Waals surface area (Å²) in [6.45, 7) is 1.63. The fraction of sp³-hybridized carbons (Fsp3) is 0.833. The molecule has 2 aliphatic rings. The first-order valence-corrected chi connectivity index (χ1v) is 6.49. The molecular weight excluding hydrogens is 218 g/mol. The molecule has 0 aliphatic carbocycles. The standard InChI is InChI=1S/C12H21N3O2/c1-13-11(16)10-6-4-8-15(10)12(17)9-5-2-3-7-14-9/h9-10,14H,2-8H2,1H3,(H,13,16)/t9-,10?/m1/s1. The summed E-state index contributed by atoms with van der Waals surface area (Å²) in [6.07, 6.45) is 4.86. The lowest BCUT2D eigenvalue weighted by Gasteiger charge is -2.30. The monoisotopic (exact) mass is 239 g/mol. The predicted molar refractivity (Wildman–Crippen MR) is 64.4 cm³/mol. The van der Waals surface area contributed by atoms with Crippen molar-refractivity contribution in [2.75, 3.05) is 20.1 Å². The molecule has 0 aromatic rings. The van der Waals surface area contributed by atoms with Crippen LogP contribution < -0.4 is 10.6 Å². The van der Waals surface area contributed by atoms with E-state index in [0.29, 0.717) is 0 Å². The zero-order chi connectivity index (χ0) is 12.3. The third kappa shape index (κ3) is 2.60. The van der Waals surface area contributed by atoms with E-state index >= 15 is 0 Å². The largest absolute Gasteiger partial charge is 0.357 e. The molecule has 5 nitrogen and oxygen atoms in total. The van der Waals surface area contributed by atoms with E-state index in [9.17, 15) is 9.59 Å². The van der Waals surface area contributed by atoms with Gasteiger partial charge in [-0.1, -0.05) is 6.42 Å². The van der Waals surface area contributed by atoms with Gasteiger partial charge in [-0.05, 0) is 32.2 Å². The Labute approximate surface area is 102 Å². The Balaban J connectivity index is 1.99. The fourth-order valence-corrected chi connectivity index (χ4v) is 2.73. The smallest absolute Gasteiger partial charge is 0.242 e. The molecule has 0 aromatic heterocycles. The maximum Gasteiger partial charge on any atom is 0.242 e. The van der Waals surface area contributed by atoms with Gasteiger partial charge in [-0.3, -0.25) is 9.59 Å². The normalized spacial score (nSPS) is 29.1. The molecule has 2 amide bonds. The Morgan fingerprint density at radius 1 is 1.24 bits per heavy atom. The van der Waals surface area contributed by atoms with Crippen LogP contribution >= 0.6 is 0 Å². The van der Waals surface area contributed by atoms with E-state index in [1.165, 1.54) is 0 Å². The van der Waals surface area contributed by atoms with Crippen molar-refractivity contribution in [1.82, 2.24) is 15.5 Å². The van der Waals surface area contributed by atoms with Gasteiger partial charge in [0.15, 0.2) is 0 Å². The molecule has 2 heterocycles. The summed E-state index contributed by atoms with van der Waals surface area (Å²) in [5.74, 6) is 0.0717. The summed E-state index contributed by atoms with van der Waals surface area (Å²) in [7, 11) is 1.63. The van der Waals surface area contributed by atoms with E-state index in [1.54, 1.807) is 11.9 Å². The highest BCUT2D eigenvalue weighted by Gasteiger charge is 2.36. The highest BCUT2D eigenvalue weighted by atomic mass is 16.2. The molecule has 0 bridgehead atoms. The van der Waals surface area contributed by atoms with Crippen molar-refractivity contribution in [2.24, 2.45) is 0 Å². The third-order valence-electron chi connectivity index (χ3n) is 3.69. The van der Waals surface area contributed by atoms with Crippen LogP contribution in [0.4, 0.5) is 0 Å². The molecule has 17 heavy (non-hydrogen) atoms. The van der Waals surface area contributed by atoms with Crippen LogP contribution in [0.5, 0.6) is 0 Å². The number of hydrogen-bond acceptors (Lipinski definition) is 3. The van der Waals surface area contributed by atoms with E-state index in [-0.39, 0.29) is 23.9 Å². The highest BCUT2D eigenvalue weighted by Crippen LogP contribution is 2.20. The Bertz CT molecular complexity index is 300. The summed E-state index contributed by atoms with van der Waals surface area (Å²) in [4.78, 5) is 25.8. The van der Waals surface area contributed by atoms with Crippen molar-refractivity contribution < 1.29 is 9.59 Å². The van der Waals surface area contributed by atoms with E-state index in [2.05, 4.69) is 10.6 Å². The van der Waals surface area contributed by atoms with E-state index < -0.39 is 0 Å². The molecule has 0 saturated carbocycles. The Morgan fingerprint density at radius 3 is 2.71 bits per heavy atom. The molecule has 2 atom stereocenters. The first-order valence-electron chi connectivity index (χ1n) is 6.49. The molecule has 0 radical (unpaired) electrons. The maximum atomic E-state index is 12.3. The molecule has 96 valence electrons. The number of carbonyl (C=O) groups is 2. The van der Waals surface area contributed by atoms with Gasteiger partial charge < -0.3 is 15.5 Å². The van der Waals surface area contributed by atoms with Crippen molar-refractivity contribution in [2.45, 2.75) is 44.2 Å². The van der Waals surface area contributed by atoms with E-state index in [0.717, 1.165) is 45.2 Å². The number of likely N-dealkylation sites (N-methyl/N-ethyl adjacent to an activating group) is 1. The van der Waals surface area contributed by atoms with Crippen molar-refractivity contribution >= 4 is 11.8 Å². The minimum absolute atomic E-state index is 0.0355. The average Bonchev–Trinajstić information content (AvgIpc) is 2.87. The molecule has 0 spiro atoms.